The van der Waals surface area contributed by atoms with Gasteiger partial charge in [0, 0.05) is 7.11 Å². The van der Waals surface area contributed by atoms with Gasteiger partial charge in [-0.15, -0.1) is 6.42 Å². The average molecular weight is 133 g/mol. The predicted molar refractivity (Wildman–Crippen MR) is 41.1 cm³/mol. The summed E-state index contributed by atoms with van der Waals surface area (Å²) in [6.07, 6.45) is 9.26. The fourth-order valence-corrected chi connectivity index (χ4v) is 0.500. The van der Waals surface area contributed by atoms with Crippen LogP contribution >= 0.6 is 0 Å². The highest BCUT2D eigenvalue weighted by Gasteiger charge is 1.92. The molecular formula is C6H13OS+. The summed E-state index contributed by atoms with van der Waals surface area (Å²) in [4.78, 5) is 0. The molecule has 0 unspecified atom stereocenters. The Balaban J connectivity index is 0. The van der Waals surface area contributed by atoms with Crippen LogP contribution in [0.2, 0.25) is 0 Å². The second kappa shape index (κ2) is 9.98. The molecule has 0 aromatic heterocycles. The van der Waals surface area contributed by atoms with Crippen LogP contribution in [0.3, 0.4) is 0 Å². The topological polar surface area (TPSA) is 20.2 Å². The van der Waals surface area contributed by atoms with Crippen LogP contribution in [-0.4, -0.2) is 30.5 Å². The monoisotopic (exact) mass is 133 g/mol. The molecule has 0 fully saturated rings. The molecule has 0 saturated heterocycles. The SMILES string of the molecule is C#CC[S+](C)C.CO. The van der Waals surface area contributed by atoms with Gasteiger partial charge in [-0.2, -0.15) is 0 Å². The molecule has 1 N–H and O–H groups in total. The zero-order valence-corrected chi connectivity index (χ0v) is 6.46. The fourth-order valence-electron chi connectivity index (χ4n) is 0.167. The van der Waals surface area contributed by atoms with Crippen molar-refractivity contribution in [1.82, 2.24) is 0 Å². The zero-order chi connectivity index (χ0) is 6.99. The Labute approximate surface area is 54.5 Å². The lowest BCUT2D eigenvalue weighted by atomic mass is 10.8. The maximum Gasteiger partial charge on any atom is 0.167 e. The van der Waals surface area contributed by atoms with E-state index in [1.165, 1.54) is 0 Å². The molecule has 0 aliphatic heterocycles. The van der Waals surface area contributed by atoms with Crippen molar-refractivity contribution in [3.8, 4) is 12.3 Å². The molecule has 0 atom stereocenters. The summed E-state index contributed by atoms with van der Waals surface area (Å²) >= 11 is 0. The maximum atomic E-state index is 7.00. The van der Waals surface area contributed by atoms with Gasteiger partial charge in [-0.3, -0.25) is 0 Å². The Hall–Kier alpha value is -0.130. The van der Waals surface area contributed by atoms with Gasteiger partial charge in [0.25, 0.3) is 0 Å². The molecule has 48 valence electrons. The standard InChI is InChI=1S/C5H9S.CH4O/c1-4-5-6(2)3;1-2/h1H,5H2,2-3H3;2H,1H3/q+1;. The molecule has 0 aromatic carbocycles. The first-order valence-electron chi connectivity index (χ1n) is 2.19. The van der Waals surface area contributed by atoms with Gasteiger partial charge in [0.2, 0.25) is 0 Å². The minimum absolute atomic E-state index is 0.448. The van der Waals surface area contributed by atoms with Crippen LogP contribution < -0.4 is 0 Å². The highest BCUT2D eigenvalue weighted by Crippen LogP contribution is 1.77. The van der Waals surface area contributed by atoms with Gasteiger partial charge in [0.1, 0.15) is 0 Å². The quantitative estimate of drug-likeness (QED) is 0.397. The molecule has 0 aliphatic rings. The van der Waals surface area contributed by atoms with Gasteiger partial charge in [-0.1, -0.05) is 5.92 Å². The van der Waals surface area contributed by atoms with Crippen LogP contribution in [0.4, 0.5) is 0 Å². The summed E-state index contributed by atoms with van der Waals surface area (Å²) < 4.78 is 0. The van der Waals surface area contributed by atoms with Crippen LogP contribution in [0.1, 0.15) is 0 Å². The van der Waals surface area contributed by atoms with Crippen molar-refractivity contribution in [1.29, 1.82) is 0 Å². The van der Waals surface area contributed by atoms with Gasteiger partial charge < -0.3 is 5.11 Å². The lowest BCUT2D eigenvalue weighted by molar-refractivity contribution is 0.399. The van der Waals surface area contributed by atoms with Crippen molar-refractivity contribution in [3.05, 3.63) is 0 Å². The normalized spacial score (nSPS) is 7.00. The van der Waals surface area contributed by atoms with E-state index in [1.54, 1.807) is 0 Å². The van der Waals surface area contributed by atoms with E-state index in [9.17, 15) is 0 Å². The number of hydrogen-bond acceptors (Lipinski definition) is 1. The molecule has 0 spiro atoms. The van der Waals surface area contributed by atoms with Gasteiger partial charge >= 0.3 is 0 Å². The van der Waals surface area contributed by atoms with Crippen LogP contribution in [0.25, 0.3) is 0 Å². The molecule has 0 saturated carbocycles. The molecular weight excluding hydrogens is 120 g/mol. The summed E-state index contributed by atoms with van der Waals surface area (Å²) in [6, 6.07) is 0. The molecule has 0 rings (SSSR count). The van der Waals surface area contributed by atoms with Crippen LogP contribution in [-0.2, 0) is 10.9 Å². The predicted octanol–water partition coefficient (Wildman–Crippen LogP) is 0.106. The third kappa shape index (κ3) is 16.9. The van der Waals surface area contributed by atoms with Crippen molar-refractivity contribution < 1.29 is 5.11 Å². The number of aliphatic hydroxyl groups is 1. The molecule has 2 heteroatoms. The number of hydrogen-bond donors (Lipinski definition) is 1. The second-order valence-electron chi connectivity index (χ2n) is 1.33. The van der Waals surface area contributed by atoms with E-state index in [1.807, 2.05) is 0 Å². The first-order chi connectivity index (χ1) is 3.77. The van der Waals surface area contributed by atoms with Crippen LogP contribution in [0.5, 0.6) is 0 Å². The molecule has 0 aromatic rings. The van der Waals surface area contributed by atoms with Crippen LogP contribution in [0, 0.1) is 12.3 Å². The minimum Gasteiger partial charge on any atom is -0.400 e. The lowest BCUT2D eigenvalue weighted by Crippen LogP contribution is -1.96. The van der Waals surface area contributed by atoms with Gasteiger partial charge in [-0.05, 0) is 10.9 Å². The molecule has 0 bridgehead atoms. The van der Waals surface area contributed by atoms with Crippen molar-refractivity contribution in [2.75, 3.05) is 25.4 Å². The smallest absolute Gasteiger partial charge is 0.167 e. The molecule has 0 amide bonds. The van der Waals surface area contributed by atoms with E-state index in [4.69, 9.17) is 11.5 Å². The summed E-state index contributed by atoms with van der Waals surface area (Å²) in [5.41, 5.74) is 0. The van der Waals surface area contributed by atoms with E-state index in [0.29, 0.717) is 10.9 Å². The van der Waals surface area contributed by atoms with Crippen LogP contribution in [0.15, 0.2) is 0 Å². The van der Waals surface area contributed by atoms with E-state index >= 15 is 0 Å². The summed E-state index contributed by atoms with van der Waals surface area (Å²) in [5.74, 6) is 3.51. The summed E-state index contributed by atoms with van der Waals surface area (Å²) in [7, 11) is 1.45. The van der Waals surface area contributed by atoms with Crippen molar-refractivity contribution in [3.63, 3.8) is 0 Å². The van der Waals surface area contributed by atoms with Gasteiger partial charge in [0.05, 0.1) is 12.5 Å². The highest BCUT2D eigenvalue weighted by molar-refractivity contribution is 7.95. The van der Waals surface area contributed by atoms with Crippen molar-refractivity contribution >= 4 is 10.9 Å². The summed E-state index contributed by atoms with van der Waals surface area (Å²) in [6.45, 7) is 0. The number of aliphatic hydroxyl groups excluding tert-OH is 1. The Morgan fingerprint density at radius 3 is 1.88 bits per heavy atom. The first kappa shape index (κ1) is 10.8. The van der Waals surface area contributed by atoms with E-state index in [0.717, 1.165) is 12.9 Å². The highest BCUT2D eigenvalue weighted by atomic mass is 32.2. The third-order valence-corrected chi connectivity index (χ3v) is 1.12. The average Bonchev–Trinajstić information content (AvgIpc) is 1.72. The van der Waals surface area contributed by atoms with Gasteiger partial charge in [-0.25, -0.2) is 0 Å². The van der Waals surface area contributed by atoms with E-state index < -0.39 is 0 Å². The molecule has 8 heavy (non-hydrogen) atoms. The van der Waals surface area contributed by atoms with Crippen molar-refractivity contribution in [2.24, 2.45) is 0 Å². The maximum absolute atomic E-state index is 7.00. The second-order valence-corrected chi connectivity index (χ2v) is 3.59. The fraction of sp³-hybridized carbons (Fsp3) is 0.667. The lowest BCUT2D eigenvalue weighted by Gasteiger charge is -1.81. The van der Waals surface area contributed by atoms with E-state index in [-0.39, 0.29) is 0 Å². The molecule has 0 heterocycles. The van der Waals surface area contributed by atoms with E-state index in [2.05, 4.69) is 18.4 Å². The molecule has 0 aliphatic carbocycles. The van der Waals surface area contributed by atoms with Gasteiger partial charge in [0.15, 0.2) is 5.75 Å². The largest absolute Gasteiger partial charge is 0.400 e. The molecule has 1 nitrogen and oxygen atoms in total. The number of terminal acetylenes is 1. The summed E-state index contributed by atoms with van der Waals surface area (Å²) in [5, 5.41) is 7.00. The Morgan fingerprint density at radius 1 is 1.50 bits per heavy atom. The Bertz CT molecular complexity index is 63.4. The Morgan fingerprint density at radius 2 is 1.88 bits per heavy atom. The third-order valence-electron chi connectivity index (χ3n) is 0.372. The Kier molecular flexibility index (Phi) is 13.4. The molecule has 0 radical (unpaired) electrons. The minimum atomic E-state index is 0.448. The first-order valence-corrected chi connectivity index (χ1v) is 4.40. The van der Waals surface area contributed by atoms with Crippen molar-refractivity contribution in [2.45, 2.75) is 0 Å². The zero-order valence-electron chi connectivity index (χ0n) is 5.64. The number of rotatable bonds is 1.